The number of hydrogen-bond acceptors (Lipinski definition) is 2. The Kier molecular flexibility index (Phi) is 4.28. The summed E-state index contributed by atoms with van der Waals surface area (Å²) in [6.07, 6.45) is 7.42. The van der Waals surface area contributed by atoms with Crippen LogP contribution in [-0.2, 0) is 0 Å². The molecule has 0 aromatic heterocycles. The summed E-state index contributed by atoms with van der Waals surface area (Å²) in [5.74, 6) is 0. The molecular formula is C20H28N2. The van der Waals surface area contributed by atoms with Crippen LogP contribution in [0.15, 0.2) is 36.4 Å². The summed E-state index contributed by atoms with van der Waals surface area (Å²) >= 11 is 0. The van der Waals surface area contributed by atoms with Gasteiger partial charge in [0.15, 0.2) is 0 Å². The first-order valence-corrected chi connectivity index (χ1v) is 8.75. The average Bonchev–Trinajstić information content (AvgIpc) is 2.55. The molecule has 118 valence electrons. The highest BCUT2D eigenvalue weighted by Crippen LogP contribution is 2.44. The summed E-state index contributed by atoms with van der Waals surface area (Å²) in [6, 6.07) is 13.3. The SMILES string of the molecule is CCCCC1(CCCC)Nc2cccc3cccc(c23)N1C. The van der Waals surface area contributed by atoms with Crippen molar-refractivity contribution in [3.8, 4) is 0 Å². The third-order valence-corrected chi connectivity index (χ3v) is 5.14. The van der Waals surface area contributed by atoms with Crippen LogP contribution < -0.4 is 10.2 Å². The van der Waals surface area contributed by atoms with E-state index in [1.165, 1.54) is 60.7 Å². The van der Waals surface area contributed by atoms with Crippen LogP contribution in [0.4, 0.5) is 11.4 Å². The predicted octanol–water partition coefficient (Wildman–Crippen LogP) is 5.78. The van der Waals surface area contributed by atoms with E-state index in [0.717, 1.165) is 0 Å². The summed E-state index contributed by atoms with van der Waals surface area (Å²) < 4.78 is 0. The van der Waals surface area contributed by atoms with E-state index < -0.39 is 0 Å². The first-order chi connectivity index (χ1) is 10.7. The maximum atomic E-state index is 3.92. The molecule has 1 heterocycles. The summed E-state index contributed by atoms with van der Waals surface area (Å²) in [6.45, 7) is 4.57. The van der Waals surface area contributed by atoms with Crippen LogP contribution in [0.1, 0.15) is 52.4 Å². The monoisotopic (exact) mass is 296 g/mol. The van der Waals surface area contributed by atoms with Gasteiger partial charge in [-0.15, -0.1) is 0 Å². The Morgan fingerprint density at radius 3 is 2.23 bits per heavy atom. The van der Waals surface area contributed by atoms with Crippen LogP contribution in [0.3, 0.4) is 0 Å². The van der Waals surface area contributed by atoms with Gasteiger partial charge in [-0.05, 0) is 43.2 Å². The van der Waals surface area contributed by atoms with Crippen molar-refractivity contribution in [2.24, 2.45) is 0 Å². The van der Waals surface area contributed by atoms with Crippen molar-refractivity contribution in [1.29, 1.82) is 0 Å². The molecule has 0 aliphatic carbocycles. The van der Waals surface area contributed by atoms with E-state index in [-0.39, 0.29) is 5.66 Å². The molecule has 0 amide bonds. The number of nitrogens with one attached hydrogen (secondary N) is 1. The number of unbranched alkanes of at least 4 members (excludes halogenated alkanes) is 2. The molecule has 0 bridgehead atoms. The van der Waals surface area contributed by atoms with Crippen LogP contribution in [-0.4, -0.2) is 12.7 Å². The van der Waals surface area contributed by atoms with Crippen molar-refractivity contribution < 1.29 is 0 Å². The Labute approximate surface area is 134 Å². The van der Waals surface area contributed by atoms with Gasteiger partial charge >= 0.3 is 0 Å². The lowest BCUT2D eigenvalue weighted by atomic mass is 9.89. The number of rotatable bonds is 6. The molecule has 3 rings (SSSR count). The molecule has 0 radical (unpaired) electrons. The quantitative estimate of drug-likeness (QED) is 0.727. The maximum absolute atomic E-state index is 3.92. The first-order valence-electron chi connectivity index (χ1n) is 8.75. The Hall–Kier alpha value is -1.70. The van der Waals surface area contributed by atoms with Gasteiger partial charge in [-0.1, -0.05) is 51.0 Å². The van der Waals surface area contributed by atoms with Gasteiger partial charge in [0.1, 0.15) is 5.66 Å². The number of benzene rings is 2. The molecule has 22 heavy (non-hydrogen) atoms. The Balaban J connectivity index is 2.07. The van der Waals surface area contributed by atoms with Crippen LogP contribution in [0, 0.1) is 0 Å². The Bertz CT molecular complexity index is 634. The molecule has 0 saturated heterocycles. The predicted molar refractivity (Wildman–Crippen MR) is 97.8 cm³/mol. The molecule has 2 heteroatoms. The zero-order valence-corrected chi connectivity index (χ0v) is 14.2. The van der Waals surface area contributed by atoms with Crippen LogP contribution in [0.2, 0.25) is 0 Å². The van der Waals surface area contributed by atoms with Gasteiger partial charge in [0, 0.05) is 23.8 Å². The molecule has 0 unspecified atom stereocenters. The van der Waals surface area contributed by atoms with Crippen molar-refractivity contribution in [3.05, 3.63) is 36.4 Å². The van der Waals surface area contributed by atoms with E-state index in [9.17, 15) is 0 Å². The summed E-state index contributed by atoms with van der Waals surface area (Å²) in [5.41, 5.74) is 2.74. The molecule has 0 saturated carbocycles. The van der Waals surface area contributed by atoms with Crippen molar-refractivity contribution >= 4 is 22.1 Å². The van der Waals surface area contributed by atoms with Gasteiger partial charge in [-0.25, -0.2) is 0 Å². The van der Waals surface area contributed by atoms with Crippen molar-refractivity contribution in [2.75, 3.05) is 17.3 Å². The molecule has 1 N–H and O–H groups in total. The van der Waals surface area contributed by atoms with E-state index in [1.54, 1.807) is 0 Å². The smallest absolute Gasteiger partial charge is 0.110 e. The zero-order valence-electron chi connectivity index (χ0n) is 14.2. The van der Waals surface area contributed by atoms with Gasteiger partial charge in [-0.3, -0.25) is 0 Å². The molecule has 1 aliphatic rings. The zero-order chi connectivity index (χ0) is 15.6. The molecule has 1 aliphatic heterocycles. The van der Waals surface area contributed by atoms with E-state index in [4.69, 9.17) is 0 Å². The van der Waals surface area contributed by atoms with Crippen molar-refractivity contribution in [1.82, 2.24) is 0 Å². The topological polar surface area (TPSA) is 15.3 Å². The van der Waals surface area contributed by atoms with E-state index >= 15 is 0 Å². The van der Waals surface area contributed by atoms with Crippen molar-refractivity contribution in [3.63, 3.8) is 0 Å². The number of hydrogen-bond donors (Lipinski definition) is 1. The van der Waals surface area contributed by atoms with E-state index in [2.05, 4.69) is 67.5 Å². The fraction of sp³-hybridized carbons (Fsp3) is 0.500. The normalized spacial score (nSPS) is 15.9. The minimum absolute atomic E-state index is 0.0641. The first kappa shape index (κ1) is 15.2. The Morgan fingerprint density at radius 1 is 0.955 bits per heavy atom. The van der Waals surface area contributed by atoms with E-state index in [1.807, 2.05) is 0 Å². The lowest BCUT2D eigenvalue weighted by molar-refractivity contribution is 0.368. The standard InChI is InChI=1S/C20H28N2/c1-4-6-14-20(15-7-5-2)21-17-12-8-10-16-11-9-13-18(19(16)17)22(20)3/h8-13,21H,4-7,14-15H2,1-3H3. The van der Waals surface area contributed by atoms with Crippen molar-refractivity contribution in [2.45, 2.75) is 58.0 Å². The summed E-state index contributed by atoms with van der Waals surface area (Å²) in [5, 5.41) is 6.62. The highest BCUT2D eigenvalue weighted by atomic mass is 15.3. The molecular weight excluding hydrogens is 268 g/mol. The molecule has 0 fully saturated rings. The third kappa shape index (κ3) is 2.45. The second kappa shape index (κ2) is 6.20. The fourth-order valence-corrected chi connectivity index (χ4v) is 3.79. The highest BCUT2D eigenvalue weighted by molar-refractivity contribution is 6.05. The summed E-state index contributed by atoms with van der Waals surface area (Å²) in [4.78, 5) is 2.51. The van der Waals surface area contributed by atoms with Gasteiger partial charge < -0.3 is 10.2 Å². The minimum Gasteiger partial charge on any atom is -0.362 e. The largest absolute Gasteiger partial charge is 0.362 e. The second-order valence-corrected chi connectivity index (χ2v) is 6.60. The third-order valence-electron chi connectivity index (χ3n) is 5.14. The molecule has 0 spiro atoms. The molecule has 2 aromatic carbocycles. The summed E-state index contributed by atoms with van der Waals surface area (Å²) in [7, 11) is 2.27. The van der Waals surface area contributed by atoms with Gasteiger partial charge in [0.2, 0.25) is 0 Å². The highest BCUT2D eigenvalue weighted by Gasteiger charge is 2.37. The van der Waals surface area contributed by atoms with Gasteiger partial charge in [-0.2, -0.15) is 0 Å². The number of anilines is 2. The molecule has 2 nitrogen and oxygen atoms in total. The molecule has 0 atom stereocenters. The second-order valence-electron chi connectivity index (χ2n) is 6.60. The Morgan fingerprint density at radius 2 is 1.59 bits per heavy atom. The lowest BCUT2D eigenvalue weighted by Crippen LogP contribution is -2.55. The van der Waals surface area contributed by atoms with Gasteiger partial charge in [0.05, 0.1) is 0 Å². The van der Waals surface area contributed by atoms with E-state index in [0.29, 0.717) is 0 Å². The average molecular weight is 296 g/mol. The molecule has 2 aromatic rings. The van der Waals surface area contributed by atoms with Gasteiger partial charge in [0.25, 0.3) is 0 Å². The van der Waals surface area contributed by atoms with Crippen LogP contribution >= 0.6 is 0 Å². The van der Waals surface area contributed by atoms with Crippen LogP contribution in [0.5, 0.6) is 0 Å². The van der Waals surface area contributed by atoms with Crippen LogP contribution in [0.25, 0.3) is 10.8 Å². The maximum Gasteiger partial charge on any atom is 0.110 e. The fourth-order valence-electron chi connectivity index (χ4n) is 3.79. The lowest BCUT2D eigenvalue weighted by Gasteiger charge is -2.49. The minimum atomic E-state index is 0.0641. The number of nitrogens with zero attached hydrogens (tertiary/aromatic N) is 1.